The maximum atomic E-state index is 14.7. The number of aryl methyl sites for hydroxylation is 1. The summed E-state index contributed by atoms with van der Waals surface area (Å²) in [5.74, 6) is -11.2. The van der Waals surface area contributed by atoms with Crippen LogP contribution in [0.5, 0.6) is 11.5 Å². The maximum Gasteiger partial charge on any atom is 1.00 e. The number of nitrogens with one attached hydrogen (secondary N) is 5. The first-order chi connectivity index (χ1) is 41.9. The Morgan fingerprint density at radius 1 is 0.753 bits per heavy atom. The molecule has 13 atom stereocenters. The molecule has 0 aliphatic carbocycles. The Kier molecular flexibility index (Phi) is 24.1. The predicted molar refractivity (Wildman–Crippen MR) is 308 cm³/mol. The average molecular weight is 1280 g/mol. The van der Waals surface area contributed by atoms with Crippen molar-refractivity contribution in [3.05, 3.63) is 108 Å². The fraction of sp³-hybridized carbons (Fsp3) is 0.404. The van der Waals surface area contributed by atoms with Crippen molar-refractivity contribution < 1.29 is 122 Å². The Hall–Kier alpha value is -7.21. The fourth-order valence-electron chi connectivity index (χ4n) is 10.4. The molecule has 4 aromatic carbocycles. The Balaban J connectivity index is 0.0000113. The molecule has 4 heterocycles. The maximum absolute atomic E-state index is 14.7. The first-order valence-electron chi connectivity index (χ1n) is 27.6. The van der Waals surface area contributed by atoms with E-state index in [-0.39, 0.29) is 58.8 Å². The summed E-state index contributed by atoms with van der Waals surface area (Å²) in [4.78, 5) is 115. The van der Waals surface area contributed by atoms with Crippen LogP contribution in [0.2, 0.25) is 0 Å². The van der Waals surface area contributed by atoms with Crippen molar-refractivity contribution in [2.45, 2.75) is 119 Å². The van der Waals surface area contributed by atoms with Gasteiger partial charge in [-0.3, -0.25) is 43.4 Å². The number of carbonyl (C=O) groups excluding carboxylic acids is 8. The molecule has 8 rings (SSSR count). The molecule has 3 aliphatic rings. The summed E-state index contributed by atoms with van der Waals surface area (Å²) in [6, 6.07) is 13.8. The minimum Gasteiger partial charge on any atom is -0.691 e. The Bertz CT molecular complexity index is 3350. The molecule has 5 aromatic rings. The summed E-state index contributed by atoms with van der Waals surface area (Å²) < 4.78 is 9.14. The molecule has 89 heavy (non-hydrogen) atoms. The molecule has 0 bridgehead atoms. The van der Waals surface area contributed by atoms with Gasteiger partial charge in [-0.1, -0.05) is 90.6 Å². The van der Waals surface area contributed by atoms with Crippen LogP contribution in [0.1, 0.15) is 54.6 Å². The van der Waals surface area contributed by atoms with E-state index in [4.69, 9.17) is 9.92 Å². The van der Waals surface area contributed by atoms with Crippen LogP contribution < -0.4 is 71.3 Å². The molecule has 3 fully saturated rings. The molecule has 1 aromatic heterocycles. The topological polar surface area (TPSA) is 447 Å². The molecule has 3 saturated heterocycles. The summed E-state index contributed by atoms with van der Waals surface area (Å²) in [5.41, 5.74) is 10.1. The van der Waals surface area contributed by atoms with Gasteiger partial charge < -0.3 is 87.3 Å². The van der Waals surface area contributed by atoms with Crippen LogP contribution in [0, 0.1) is 12.8 Å². The summed E-state index contributed by atoms with van der Waals surface area (Å²) >= 11 is 1.29. The number of fused-ring (bicyclic) bond motifs is 2. The number of aliphatic hydroxyl groups excluding tert-OH is 6. The van der Waals surface area contributed by atoms with E-state index in [2.05, 4.69) is 46.2 Å². The van der Waals surface area contributed by atoms with E-state index in [1.807, 2.05) is 55.5 Å². The molecular formula is C57H65N10NaO19S2. The van der Waals surface area contributed by atoms with Crippen LogP contribution in [0.25, 0.3) is 32.3 Å². The van der Waals surface area contributed by atoms with Crippen LogP contribution in [0.4, 0.5) is 0 Å². The number of aliphatic hydroxyl groups is 6. The second kappa shape index (κ2) is 31.0. The van der Waals surface area contributed by atoms with Gasteiger partial charge in [0.1, 0.15) is 46.3 Å². The largest absolute Gasteiger partial charge is 1.00 e. The number of rotatable bonds is 16. The molecule has 0 spiro atoms. The molecule has 8 amide bonds. The van der Waals surface area contributed by atoms with Crippen molar-refractivity contribution in [2.75, 3.05) is 19.6 Å². The van der Waals surface area contributed by atoms with Crippen molar-refractivity contribution in [1.29, 1.82) is 0 Å². The van der Waals surface area contributed by atoms with E-state index in [0.29, 0.717) is 15.6 Å². The zero-order valence-corrected chi connectivity index (χ0v) is 52.0. The van der Waals surface area contributed by atoms with Gasteiger partial charge in [0.25, 0.3) is 18.2 Å². The third-order valence-corrected chi connectivity index (χ3v) is 16.5. The van der Waals surface area contributed by atoms with E-state index in [0.717, 1.165) is 51.1 Å². The number of β-amino-alcohol motifs (C(OH)–C–C–N with tert-alkyl or cyclic N) is 1. The van der Waals surface area contributed by atoms with Gasteiger partial charge in [0.15, 0.2) is 11.5 Å². The number of aromatic nitrogens is 2. The molecule has 12 unspecified atom stereocenters. The van der Waals surface area contributed by atoms with Crippen molar-refractivity contribution in [3.63, 3.8) is 0 Å². The number of benzene rings is 4. The summed E-state index contributed by atoms with van der Waals surface area (Å²) in [6.45, 7) is 2.86. The average Bonchev–Trinajstić information content (AvgIpc) is 4.07. The number of nitrogens with zero attached hydrogens (tertiary/aromatic N) is 4. The molecular weight excluding hydrogens is 1220 g/mol. The molecule has 470 valence electrons. The van der Waals surface area contributed by atoms with Gasteiger partial charge in [0.05, 0.1) is 43.0 Å². The second-order valence-electron chi connectivity index (χ2n) is 21.7. The molecule has 3 aliphatic heterocycles. The van der Waals surface area contributed by atoms with Crippen LogP contribution in [0.15, 0.2) is 91.0 Å². The zero-order valence-electron chi connectivity index (χ0n) is 48.3. The number of hydrogen-bond donors (Lipinski definition) is 13. The van der Waals surface area contributed by atoms with Gasteiger partial charge in [-0.25, -0.2) is 0 Å². The normalized spacial score (nSPS) is 24.9. The van der Waals surface area contributed by atoms with E-state index in [1.165, 1.54) is 36.5 Å². The zero-order chi connectivity index (χ0) is 63.7. The standard InChI is InChI=1S/C57H66N10O19S2.Na/c1-26-4-7-30(8-5-26)31-9-13-33(14-10-31)54-64-65-55(87-54)34-15-11-32(12-16-34)49(76)60-37-20-35(69)23-59-53(80)47-48(75)27(2)24-67(47)57(82)46(41(73)22-43(58)74)63-52(79)45(40(72)18-29-6-17-39(71)42(19-29)84-88-86-85-83)62-51(78)38-21-36(70)25-66(38)56(81)44(28(3)68)61-50(37)77;/h4-17,19,27-28,35-38,40-41,44-48,68-73,75,83H,18,20-25H2,1-3H3,(H2,58,74)(H,59,80)(H,60,76)(H,61,77)(H,62,78)(H,63,79);/q;+1/p-1/t27?,28?,35?,36?,37-,38?,40?,41?,44?,45?,46?,47?,48?;/m0./s1. The van der Waals surface area contributed by atoms with Gasteiger partial charge in [-0.15, -0.1) is 14.5 Å². The number of carbonyl (C=O) groups is 8. The van der Waals surface area contributed by atoms with Gasteiger partial charge in [0, 0.05) is 61.5 Å². The number of hydrogen-bond acceptors (Lipinski definition) is 23. The second-order valence-corrected chi connectivity index (χ2v) is 23.1. The molecule has 0 radical (unpaired) electrons. The molecule has 14 N–H and O–H groups in total. The van der Waals surface area contributed by atoms with E-state index < -0.39 is 177 Å². The van der Waals surface area contributed by atoms with Crippen LogP contribution in [-0.2, 0) is 49.4 Å². The summed E-state index contributed by atoms with van der Waals surface area (Å²) in [6.07, 6.45) is -13.7. The number of aromatic hydroxyl groups is 1. The van der Waals surface area contributed by atoms with Crippen LogP contribution in [0.3, 0.4) is 0 Å². The smallest absolute Gasteiger partial charge is 0.691 e. The molecule has 0 saturated carbocycles. The van der Waals surface area contributed by atoms with Gasteiger partial charge in [-0.05, 0) is 54.8 Å². The predicted octanol–water partition coefficient (Wildman–Crippen LogP) is -5.45. The van der Waals surface area contributed by atoms with Crippen molar-refractivity contribution in [2.24, 2.45) is 11.7 Å². The Labute approximate surface area is 538 Å². The number of phenolic OH excluding ortho intramolecular Hbond substituents is 1. The number of nitrogens with two attached hydrogens (primary N) is 1. The third kappa shape index (κ3) is 17.2. The third-order valence-electron chi connectivity index (χ3n) is 15.1. The van der Waals surface area contributed by atoms with E-state index in [9.17, 15) is 79.4 Å². The fourth-order valence-corrected chi connectivity index (χ4v) is 11.5. The van der Waals surface area contributed by atoms with Crippen molar-refractivity contribution >= 4 is 70.9 Å². The minimum absolute atomic E-state index is 0. The van der Waals surface area contributed by atoms with Gasteiger partial charge in [0.2, 0.25) is 41.4 Å². The van der Waals surface area contributed by atoms with E-state index >= 15 is 0 Å². The minimum atomic E-state index is -2.22. The quantitative estimate of drug-likeness (QED) is 0.0144. The number of phenols is 1. The number of primary amides is 1. The molecule has 32 heteroatoms. The SMILES string of the molecule is Cc1ccc(-c2ccc(-c3nnc(-c4ccc(C(=O)N[C@H]5CC(O)CNC(=O)C6C(O)C(C)CN6C(=O)C(C(O)CC(N)=O)NC(=O)C(C(O)Cc6ccc(O)c(OSOO[O-])c6)NC(=O)C6CC(O)CN6C(=O)C(C(C)O)NC5=O)cc4)s3)cc2)cc1.[Na+]. The Morgan fingerprint density at radius 2 is 1.34 bits per heavy atom. The summed E-state index contributed by atoms with van der Waals surface area (Å²) in [7, 11) is 0. The Morgan fingerprint density at radius 3 is 1.96 bits per heavy atom. The first-order valence-corrected chi connectivity index (χ1v) is 29.1. The van der Waals surface area contributed by atoms with Crippen molar-refractivity contribution in [1.82, 2.24) is 46.6 Å². The number of amides is 8. The first kappa shape index (κ1) is 69.3. The van der Waals surface area contributed by atoms with Gasteiger partial charge >= 0.3 is 29.6 Å². The van der Waals surface area contributed by atoms with Crippen LogP contribution >= 0.6 is 23.7 Å². The monoisotopic (exact) mass is 1280 g/mol. The van der Waals surface area contributed by atoms with Crippen LogP contribution in [-0.4, -0.2) is 196 Å². The summed E-state index contributed by atoms with van der Waals surface area (Å²) in [5, 5.41) is 114. The van der Waals surface area contributed by atoms with Gasteiger partial charge in [-0.2, -0.15) is 0 Å². The molecule has 29 nitrogen and oxygen atoms in total. The van der Waals surface area contributed by atoms with E-state index in [1.54, 1.807) is 12.1 Å². The van der Waals surface area contributed by atoms with Crippen molar-refractivity contribution in [3.8, 4) is 43.8 Å².